The molecule has 0 radical (unpaired) electrons. The van der Waals surface area contributed by atoms with Crippen molar-refractivity contribution in [3.05, 3.63) is 24.3 Å². The van der Waals surface area contributed by atoms with Crippen molar-refractivity contribution >= 4 is 23.7 Å². The van der Waals surface area contributed by atoms with Crippen molar-refractivity contribution in [1.29, 1.82) is 0 Å². The van der Waals surface area contributed by atoms with Gasteiger partial charge in [0.25, 0.3) is 0 Å². The van der Waals surface area contributed by atoms with Gasteiger partial charge < -0.3 is 15.0 Å². The minimum atomic E-state index is -0.867. The first-order valence-corrected chi connectivity index (χ1v) is 8.69. The van der Waals surface area contributed by atoms with Crippen LogP contribution in [0, 0.1) is 5.92 Å². The van der Waals surface area contributed by atoms with E-state index in [4.69, 9.17) is 10.5 Å². The van der Waals surface area contributed by atoms with Crippen molar-refractivity contribution in [1.82, 2.24) is 20.1 Å². The molecule has 3 N–H and O–H groups in total. The molecule has 0 atom stereocenters. The maximum atomic E-state index is 11.6. The number of nitrogens with two attached hydrogens (primary N) is 1. The van der Waals surface area contributed by atoms with Crippen LogP contribution in [0.1, 0.15) is 13.8 Å². The van der Waals surface area contributed by atoms with Gasteiger partial charge in [0.15, 0.2) is 11.0 Å². The Balaban J connectivity index is 2.23. The number of hydrogen-bond acceptors (Lipinski definition) is 6. The van der Waals surface area contributed by atoms with Gasteiger partial charge in [0.05, 0.1) is 12.9 Å². The van der Waals surface area contributed by atoms with E-state index in [1.165, 1.54) is 11.8 Å². The van der Waals surface area contributed by atoms with Gasteiger partial charge in [-0.3, -0.25) is 10.1 Å². The molecule has 0 saturated heterocycles. The molecule has 0 saturated carbocycles. The number of primary amides is 1. The molecule has 0 bridgehead atoms. The fourth-order valence-corrected chi connectivity index (χ4v) is 2.93. The Bertz CT molecular complexity index is 743. The summed E-state index contributed by atoms with van der Waals surface area (Å²) >= 11 is 1.21. The Morgan fingerprint density at radius 3 is 2.52 bits per heavy atom. The predicted octanol–water partition coefficient (Wildman–Crippen LogP) is 1.90. The lowest BCUT2D eigenvalue weighted by Gasteiger charge is -2.12. The van der Waals surface area contributed by atoms with Crippen LogP contribution in [0.5, 0.6) is 5.75 Å². The molecule has 1 aromatic heterocycles. The molecule has 0 aliphatic rings. The van der Waals surface area contributed by atoms with Gasteiger partial charge in [-0.2, -0.15) is 0 Å². The van der Waals surface area contributed by atoms with E-state index in [1.807, 2.05) is 34.1 Å². The highest BCUT2D eigenvalue weighted by Crippen LogP contribution is 2.26. The molecule has 8 nitrogen and oxygen atoms in total. The summed E-state index contributed by atoms with van der Waals surface area (Å²) < 4.78 is 7.14. The summed E-state index contributed by atoms with van der Waals surface area (Å²) in [5.41, 5.74) is 5.84. The standard InChI is InChI=1S/C16H21N5O3S/c1-10(2)8-21-14(11-4-6-12(24-3)7-5-11)19-20-16(21)25-9-13(22)18-15(17)23/h4-7,10H,8-9H2,1-3H3,(H3,17,18,22,23). The van der Waals surface area contributed by atoms with Crippen molar-refractivity contribution < 1.29 is 14.3 Å². The monoisotopic (exact) mass is 363 g/mol. The number of hydrogen-bond donors (Lipinski definition) is 2. The Labute approximate surface area is 150 Å². The van der Waals surface area contributed by atoms with Gasteiger partial charge in [-0.15, -0.1) is 10.2 Å². The van der Waals surface area contributed by atoms with E-state index >= 15 is 0 Å². The largest absolute Gasteiger partial charge is 0.497 e. The summed E-state index contributed by atoms with van der Waals surface area (Å²) in [6.45, 7) is 4.88. The summed E-state index contributed by atoms with van der Waals surface area (Å²) in [7, 11) is 1.61. The molecule has 0 aliphatic carbocycles. The lowest BCUT2D eigenvalue weighted by atomic mass is 10.2. The van der Waals surface area contributed by atoms with Crippen molar-refractivity contribution in [3.8, 4) is 17.1 Å². The van der Waals surface area contributed by atoms with Gasteiger partial charge in [0.2, 0.25) is 5.91 Å². The van der Waals surface area contributed by atoms with Crippen LogP contribution in [-0.4, -0.2) is 39.6 Å². The van der Waals surface area contributed by atoms with E-state index in [9.17, 15) is 9.59 Å². The molecule has 3 amide bonds. The Morgan fingerprint density at radius 2 is 1.96 bits per heavy atom. The second-order valence-electron chi connectivity index (χ2n) is 5.74. The number of urea groups is 1. The molecule has 134 valence electrons. The quantitative estimate of drug-likeness (QED) is 0.727. The molecular weight excluding hydrogens is 342 g/mol. The number of imide groups is 1. The van der Waals surface area contributed by atoms with Crippen LogP contribution in [0.15, 0.2) is 29.4 Å². The Morgan fingerprint density at radius 1 is 1.28 bits per heavy atom. The topological polar surface area (TPSA) is 112 Å². The van der Waals surface area contributed by atoms with E-state index < -0.39 is 11.9 Å². The molecule has 0 fully saturated rings. The zero-order valence-electron chi connectivity index (χ0n) is 14.4. The second kappa shape index (κ2) is 8.52. The predicted molar refractivity (Wildman–Crippen MR) is 95.3 cm³/mol. The number of methoxy groups -OCH3 is 1. The van der Waals surface area contributed by atoms with Crippen LogP contribution in [0.25, 0.3) is 11.4 Å². The fourth-order valence-electron chi connectivity index (χ4n) is 2.18. The van der Waals surface area contributed by atoms with Gasteiger partial charge in [-0.05, 0) is 30.2 Å². The fraction of sp³-hybridized carbons (Fsp3) is 0.375. The lowest BCUT2D eigenvalue weighted by Crippen LogP contribution is -2.36. The van der Waals surface area contributed by atoms with Gasteiger partial charge in [-0.1, -0.05) is 25.6 Å². The van der Waals surface area contributed by atoms with E-state index in [-0.39, 0.29) is 5.75 Å². The summed E-state index contributed by atoms with van der Waals surface area (Å²) in [5.74, 6) is 1.40. The molecule has 1 heterocycles. The number of aromatic nitrogens is 3. The molecule has 0 spiro atoms. The van der Waals surface area contributed by atoms with Crippen molar-refractivity contribution in [2.24, 2.45) is 11.7 Å². The highest BCUT2D eigenvalue weighted by Gasteiger charge is 2.17. The van der Waals surface area contributed by atoms with Gasteiger partial charge >= 0.3 is 6.03 Å². The third kappa shape index (κ3) is 5.21. The van der Waals surface area contributed by atoms with Crippen molar-refractivity contribution in [2.45, 2.75) is 25.5 Å². The number of nitrogens with one attached hydrogen (secondary N) is 1. The van der Waals surface area contributed by atoms with Crippen LogP contribution in [0.2, 0.25) is 0 Å². The normalized spacial score (nSPS) is 10.7. The summed E-state index contributed by atoms with van der Waals surface area (Å²) in [6.07, 6.45) is 0. The van der Waals surface area contributed by atoms with Gasteiger partial charge in [0, 0.05) is 12.1 Å². The minimum absolute atomic E-state index is 0.0295. The number of thioether (sulfide) groups is 1. The van der Waals surface area contributed by atoms with Crippen molar-refractivity contribution in [3.63, 3.8) is 0 Å². The zero-order valence-corrected chi connectivity index (χ0v) is 15.2. The number of nitrogens with zero attached hydrogens (tertiary/aromatic N) is 3. The molecule has 1 aromatic carbocycles. The number of carbonyl (C=O) groups is 2. The Kier molecular flexibility index (Phi) is 6.40. The van der Waals surface area contributed by atoms with Crippen molar-refractivity contribution in [2.75, 3.05) is 12.9 Å². The number of ether oxygens (including phenoxy) is 1. The molecule has 0 aliphatic heterocycles. The first-order valence-electron chi connectivity index (χ1n) is 7.70. The number of rotatable bonds is 7. The second-order valence-corrected chi connectivity index (χ2v) is 6.68. The van der Waals surface area contributed by atoms with E-state index in [0.29, 0.717) is 23.4 Å². The highest BCUT2D eigenvalue weighted by atomic mass is 32.2. The SMILES string of the molecule is COc1ccc(-c2nnc(SCC(=O)NC(N)=O)n2CC(C)C)cc1. The molecule has 2 rings (SSSR count). The number of carbonyl (C=O) groups excluding carboxylic acids is 2. The number of benzene rings is 1. The summed E-state index contributed by atoms with van der Waals surface area (Å²) in [4.78, 5) is 22.3. The van der Waals surface area contributed by atoms with Crippen LogP contribution >= 0.6 is 11.8 Å². The van der Waals surface area contributed by atoms with E-state index in [1.54, 1.807) is 7.11 Å². The van der Waals surface area contributed by atoms with Gasteiger partial charge in [-0.25, -0.2) is 4.79 Å². The lowest BCUT2D eigenvalue weighted by molar-refractivity contribution is -0.117. The molecule has 9 heteroatoms. The Hall–Kier alpha value is -2.55. The molecule has 2 aromatic rings. The first kappa shape index (κ1) is 18.8. The average Bonchev–Trinajstić information content (AvgIpc) is 2.94. The van der Waals surface area contributed by atoms with Gasteiger partial charge in [0.1, 0.15) is 5.75 Å². The van der Waals surface area contributed by atoms with Crippen LogP contribution in [0.4, 0.5) is 4.79 Å². The average molecular weight is 363 g/mol. The maximum Gasteiger partial charge on any atom is 0.318 e. The van der Waals surface area contributed by atoms with Crippen LogP contribution < -0.4 is 15.8 Å². The molecule has 25 heavy (non-hydrogen) atoms. The third-order valence-corrected chi connectivity index (χ3v) is 4.17. The third-order valence-electron chi connectivity index (χ3n) is 3.21. The maximum absolute atomic E-state index is 11.6. The summed E-state index contributed by atoms with van der Waals surface area (Å²) in [6, 6.07) is 6.67. The highest BCUT2D eigenvalue weighted by molar-refractivity contribution is 7.99. The molecule has 0 unspecified atom stereocenters. The van der Waals surface area contributed by atoms with E-state index in [0.717, 1.165) is 11.3 Å². The smallest absolute Gasteiger partial charge is 0.318 e. The van der Waals surface area contributed by atoms with Crippen LogP contribution in [-0.2, 0) is 11.3 Å². The first-order chi connectivity index (χ1) is 11.9. The molecular formula is C16H21N5O3S. The zero-order chi connectivity index (χ0) is 18.4. The minimum Gasteiger partial charge on any atom is -0.497 e. The summed E-state index contributed by atoms with van der Waals surface area (Å²) in [5, 5.41) is 11.1. The van der Waals surface area contributed by atoms with E-state index in [2.05, 4.69) is 24.0 Å². The number of amides is 3. The van der Waals surface area contributed by atoms with Crippen LogP contribution in [0.3, 0.4) is 0 Å².